The van der Waals surface area contributed by atoms with Crippen molar-refractivity contribution in [2.75, 3.05) is 19.1 Å². The molecule has 0 spiro atoms. The minimum atomic E-state index is -0.781. The quantitative estimate of drug-likeness (QED) is 0.600. The average Bonchev–Trinajstić information content (AvgIpc) is 2.47. The van der Waals surface area contributed by atoms with E-state index in [4.69, 9.17) is 9.47 Å². The summed E-state index contributed by atoms with van der Waals surface area (Å²) in [6.45, 7) is 9.14. The number of methoxy groups -OCH3 is 1. The lowest BCUT2D eigenvalue weighted by Gasteiger charge is -2.25. The molecule has 0 aromatic carbocycles. The highest BCUT2D eigenvalue weighted by Gasteiger charge is 2.29. The zero-order chi connectivity index (χ0) is 19.6. The molecule has 0 fully saturated rings. The fourth-order valence-corrected chi connectivity index (χ4v) is 2.52. The van der Waals surface area contributed by atoms with Crippen molar-refractivity contribution in [3.63, 3.8) is 0 Å². The third-order valence-corrected chi connectivity index (χ3v) is 3.77. The van der Waals surface area contributed by atoms with Gasteiger partial charge in [0.15, 0.2) is 0 Å². The van der Waals surface area contributed by atoms with Crippen LogP contribution in [0.4, 0.5) is 4.79 Å². The second-order valence-corrected chi connectivity index (χ2v) is 8.18. The van der Waals surface area contributed by atoms with E-state index >= 15 is 0 Å². The van der Waals surface area contributed by atoms with Gasteiger partial charge in [0.05, 0.1) is 7.11 Å². The average molecular weight is 377 g/mol. The predicted octanol–water partition coefficient (Wildman–Crippen LogP) is 2.34. The van der Waals surface area contributed by atoms with Crippen molar-refractivity contribution in [3.05, 3.63) is 0 Å². The van der Waals surface area contributed by atoms with Crippen LogP contribution in [0.25, 0.3) is 0 Å². The van der Waals surface area contributed by atoms with Crippen molar-refractivity contribution in [2.45, 2.75) is 65.1 Å². The molecule has 0 saturated heterocycles. The van der Waals surface area contributed by atoms with Gasteiger partial charge in [-0.05, 0) is 51.5 Å². The molecule has 2 N–H and O–H groups in total. The highest BCUT2D eigenvalue weighted by Crippen LogP contribution is 2.10. The van der Waals surface area contributed by atoms with Gasteiger partial charge in [-0.2, -0.15) is 11.8 Å². The fraction of sp³-hybridized carbons (Fsp3) is 0.824. The van der Waals surface area contributed by atoms with E-state index < -0.39 is 35.7 Å². The first-order valence-corrected chi connectivity index (χ1v) is 9.76. The molecular formula is C17H32N2O5S. The molecular weight excluding hydrogens is 344 g/mol. The number of ether oxygens (including phenoxy) is 2. The molecule has 0 aromatic rings. The predicted molar refractivity (Wildman–Crippen MR) is 99.6 cm³/mol. The fourth-order valence-electron chi connectivity index (χ4n) is 2.05. The minimum Gasteiger partial charge on any atom is -0.467 e. The zero-order valence-electron chi connectivity index (χ0n) is 16.3. The maximum atomic E-state index is 12.6. The molecule has 0 unspecified atom stereocenters. The van der Waals surface area contributed by atoms with E-state index in [1.165, 1.54) is 7.11 Å². The molecule has 0 aliphatic carbocycles. The summed E-state index contributed by atoms with van der Waals surface area (Å²) in [4.78, 5) is 36.4. The molecule has 7 nitrogen and oxygen atoms in total. The Bertz CT molecular complexity index is 449. The monoisotopic (exact) mass is 376 g/mol. The lowest BCUT2D eigenvalue weighted by molar-refractivity contribution is -0.145. The van der Waals surface area contributed by atoms with Gasteiger partial charge in [-0.3, -0.25) is 4.79 Å². The second kappa shape index (κ2) is 11.2. The Morgan fingerprint density at radius 3 is 2.12 bits per heavy atom. The van der Waals surface area contributed by atoms with Gasteiger partial charge in [0.1, 0.15) is 17.7 Å². The third kappa shape index (κ3) is 10.9. The van der Waals surface area contributed by atoms with Crippen molar-refractivity contribution < 1.29 is 23.9 Å². The smallest absolute Gasteiger partial charge is 0.408 e. The van der Waals surface area contributed by atoms with Gasteiger partial charge < -0.3 is 20.1 Å². The Labute approximate surface area is 155 Å². The Morgan fingerprint density at radius 1 is 1.08 bits per heavy atom. The number of carbonyl (C=O) groups excluding carboxylic acids is 3. The van der Waals surface area contributed by atoms with Gasteiger partial charge in [-0.1, -0.05) is 13.8 Å². The van der Waals surface area contributed by atoms with E-state index in [0.717, 1.165) is 0 Å². The number of rotatable bonds is 9. The SMILES string of the molecule is COC(=O)[C@H](CCSC)NC(=O)[C@H](CC(C)C)NC(=O)OC(C)(C)C. The first-order valence-electron chi connectivity index (χ1n) is 8.36. The van der Waals surface area contributed by atoms with Crippen LogP contribution in [0.5, 0.6) is 0 Å². The van der Waals surface area contributed by atoms with Crippen LogP contribution >= 0.6 is 11.8 Å². The van der Waals surface area contributed by atoms with E-state index in [2.05, 4.69) is 10.6 Å². The maximum Gasteiger partial charge on any atom is 0.408 e. The molecule has 0 rings (SSSR count). The number of hydrogen-bond acceptors (Lipinski definition) is 6. The summed E-state index contributed by atoms with van der Waals surface area (Å²) < 4.78 is 9.96. The summed E-state index contributed by atoms with van der Waals surface area (Å²) in [5.74, 6) is -0.0403. The molecule has 0 radical (unpaired) electrons. The van der Waals surface area contributed by atoms with E-state index in [1.807, 2.05) is 20.1 Å². The van der Waals surface area contributed by atoms with Gasteiger partial charge in [0.2, 0.25) is 5.91 Å². The van der Waals surface area contributed by atoms with Crippen LogP contribution in [-0.2, 0) is 19.1 Å². The van der Waals surface area contributed by atoms with Crippen LogP contribution in [0.2, 0.25) is 0 Å². The van der Waals surface area contributed by atoms with Crippen molar-refractivity contribution in [2.24, 2.45) is 5.92 Å². The Balaban J connectivity index is 5.01. The van der Waals surface area contributed by atoms with Crippen molar-refractivity contribution in [1.29, 1.82) is 0 Å². The van der Waals surface area contributed by atoms with Crippen LogP contribution < -0.4 is 10.6 Å². The summed E-state index contributed by atoms with van der Waals surface area (Å²) in [5, 5.41) is 5.27. The van der Waals surface area contributed by atoms with Crippen LogP contribution in [0, 0.1) is 5.92 Å². The van der Waals surface area contributed by atoms with E-state index in [0.29, 0.717) is 18.6 Å². The van der Waals surface area contributed by atoms with E-state index in [-0.39, 0.29) is 5.92 Å². The molecule has 0 aliphatic heterocycles. The topological polar surface area (TPSA) is 93.7 Å². The second-order valence-electron chi connectivity index (χ2n) is 7.19. The van der Waals surface area contributed by atoms with Crippen molar-refractivity contribution in [1.82, 2.24) is 10.6 Å². The van der Waals surface area contributed by atoms with Gasteiger partial charge in [0, 0.05) is 0 Å². The van der Waals surface area contributed by atoms with Gasteiger partial charge in [-0.25, -0.2) is 9.59 Å². The number of esters is 1. The van der Waals surface area contributed by atoms with E-state index in [1.54, 1.807) is 32.5 Å². The summed E-state index contributed by atoms with van der Waals surface area (Å²) in [7, 11) is 1.28. The summed E-state index contributed by atoms with van der Waals surface area (Å²) in [6.07, 6.45) is 2.15. The van der Waals surface area contributed by atoms with E-state index in [9.17, 15) is 14.4 Å². The van der Waals surface area contributed by atoms with Crippen LogP contribution in [0.1, 0.15) is 47.5 Å². The van der Waals surface area contributed by atoms with Crippen LogP contribution in [0.3, 0.4) is 0 Å². The molecule has 2 atom stereocenters. The number of alkyl carbamates (subject to hydrolysis) is 1. The first-order chi connectivity index (χ1) is 11.5. The molecule has 0 aromatic heterocycles. The molecule has 8 heteroatoms. The molecule has 0 aliphatic rings. The highest BCUT2D eigenvalue weighted by molar-refractivity contribution is 7.98. The number of thioether (sulfide) groups is 1. The summed E-state index contributed by atoms with van der Waals surface area (Å²) in [6, 6.07) is -1.52. The van der Waals surface area contributed by atoms with Crippen molar-refractivity contribution in [3.8, 4) is 0 Å². The zero-order valence-corrected chi connectivity index (χ0v) is 17.1. The Morgan fingerprint density at radius 2 is 1.68 bits per heavy atom. The Kier molecular flexibility index (Phi) is 10.6. The van der Waals surface area contributed by atoms with Crippen LogP contribution in [-0.4, -0.2) is 54.8 Å². The highest BCUT2D eigenvalue weighted by atomic mass is 32.2. The molecule has 0 saturated carbocycles. The lowest BCUT2D eigenvalue weighted by Crippen LogP contribution is -2.53. The number of hydrogen-bond donors (Lipinski definition) is 2. The first kappa shape index (κ1) is 23.6. The Hall–Kier alpha value is -1.44. The lowest BCUT2D eigenvalue weighted by atomic mass is 10.0. The van der Waals surface area contributed by atoms with Crippen molar-refractivity contribution >= 4 is 29.7 Å². The minimum absolute atomic E-state index is 0.175. The molecule has 25 heavy (non-hydrogen) atoms. The largest absolute Gasteiger partial charge is 0.467 e. The van der Waals surface area contributed by atoms with Gasteiger partial charge in [-0.15, -0.1) is 0 Å². The molecule has 2 amide bonds. The van der Waals surface area contributed by atoms with Crippen LogP contribution in [0.15, 0.2) is 0 Å². The maximum absolute atomic E-state index is 12.6. The normalized spacial score (nSPS) is 13.8. The van der Waals surface area contributed by atoms with Gasteiger partial charge >= 0.3 is 12.1 Å². The number of nitrogens with one attached hydrogen (secondary N) is 2. The molecule has 0 heterocycles. The summed E-state index contributed by atoms with van der Waals surface area (Å²) >= 11 is 1.57. The van der Waals surface area contributed by atoms with Gasteiger partial charge in [0.25, 0.3) is 0 Å². The molecule has 146 valence electrons. The third-order valence-electron chi connectivity index (χ3n) is 3.13. The standard InChI is InChI=1S/C17H32N2O5S/c1-11(2)10-13(19-16(22)24-17(3,4)5)14(20)18-12(8-9-25-7)15(21)23-6/h11-13H,8-10H2,1-7H3,(H,18,20)(H,19,22)/t12-,13-/m0/s1. The summed E-state index contributed by atoms with van der Waals surface area (Å²) in [5.41, 5.74) is -0.657. The number of carbonyl (C=O) groups is 3. The number of amides is 2. The molecule has 0 bridgehead atoms.